The fraction of sp³-hybridized carbons (Fsp3) is 0.786. The second-order valence-corrected chi connectivity index (χ2v) is 5.81. The Morgan fingerprint density at radius 3 is 2.67 bits per heavy atom. The molecule has 21 heavy (non-hydrogen) atoms. The molecule has 0 spiro atoms. The number of likely N-dealkylation sites (N-methyl/N-ethyl adjacent to an activating group) is 1. The van der Waals surface area contributed by atoms with Crippen molar-refractivity contribution in [2.24, 2.45) is 11.8 Å². The number of aromatic nitrogens is 2. The third-order valence-electron chi connectivity index (χ3n) is 3.99. The Kier molecular flexibility index (Phi) is 5.58. The van der Waals surface area contributed by atoms with Gasteiger partial charge in [-0.1, -0.05) is 0 Å². The van der Waals surface area contributed by atoms with E-state index >= 15 is 0 Å². The van der Waals surface area contributed by atoms with Gasteiger partial charge < -0.3 is 14.4 Å². The summed E-state index contributed by atoms with van der Waals surface area (Å²) in [5.41, 5.74) is 3.86. The minimum atomic E-state index is -0.123. The Labute approximate surface area is 126 Å². The molecule has 7 nitrogen and oxygen atoms in total. The van der Waals surface area contributed by atoms with E-state index in [-0.39, 0.29) is 12.1 Å². The van der Waals surface area contributed by atoms with Gasteiger partial charge in [-0.15, -0.1) is 0 Å². The van der Waals surface area contributed by atoms with Crippen LogP contribution in [0.1, 0.15) is 24.6 Å². The van der Waals surface area contributed by atoms with Gasteiger partial charge in [-0.25, -0.2) is 5.43 Å². The van der Waals surface area contributed by atoms with Crippen LogP contribution in [-0.4, -0.2) is 55.6 Å². The summed E-state index contributed by atoms with van der Waals surface area (Å²) in [4.78, 5) is 2.12. The number of hydrogen-bond donors (Lipinski definition) is 2. The molecule has 1 aromatic rings. The van der Waals surface area contributed by atoms with Gasteiger partial charge in [0.15, 0.2) is 5.75 Å². The summed E-state index contributed by atoms with van der Waals surface area (Å²) in [6, 6.07) is -0.123. The first-order valence-corrected chi connectivity index (χ1v) is 7.35. The molecule has 2 unspecified atom stereocenters. The SMILES string of the molecule is COc1cnn(CCN(C)C)c1C(NN)C(OC)C1CC1. The van der Waals surface area contributed by atoms with Gasteiger partial charge in [0.2, 0.25) is 0 Å². The Balaban J connectivity index is 2.26. The van der Waals surface area contributed by atoms with E-state index in [9.17, 15) is 0 Å². The highest BCUT2D eigenvalue weighted by Crippen LogP contribution is 2.41. The van der Waals surface area contributed by atoms with Crippen LogP contribution in [0.15, 0.2) is 6.20 Å². The number of rotatable bonds is 9. The average Bonchev–Trinajstić information content (AvgIpc) is 3.22. The number of ether oxygens (including phenoxy) is 2. The van der Waals surface area contributed by atoms with Crippen molar-refractivity contribution >= 4 is 0 Å². The first-order valence-electron chi connectivity index (χ1n) is 7.35. The maximum absolute atomic E-state index is 5.82. The Hall–Kier alpha value is -1.15. The van der Waals surface area contributed by atoms with Gasteiger partial charge >= 0.3 is 0 Å². The number of hydrogen-bond acceptors (Lipinski definition) is 6. The molecule has 0 aromatic carbocycles. The third kappa shape index (κ3) is 3.74. The van der Waals surface area contributed by atoms with Crippen LogP contribution in [0.4, 0.5) is 0 Å². The summed E-state index contributed by atoms with van der Waals surface area (Å²) in [6.07, 6.45) is 4.16. The highest BCUT2D eigenvalue weighted by molar-refractivity contribution is 5.29. The van der Waals surface area contributed by atoms with E-state index in [0.717, 1.165) is 24.5 Å². The quantitative estimate of drug-likeness (QED) is 0.507. The van der Waals surface area contributed by atoms with Gasteiger partial charge in [0.25, 0.3) is 0 Å². The number of nitrogens with zero attached hydrogens (tertiary/aromatic N) is 3. The van der Waals surface area contributed by atoms with E-state index in [2.05, 4.69) is 15.4 Å². The van der Waals surface area contributed by atoms with Crippen LogP contribution in [0.5, 0.6) is 5.75 Å². The lowest BCUT2D eigenvalue weighted by atomic mass is 10.0. The molecule has 7 heteroatoms. The molecular weight excluding hydrogens is 270 g/mol. The average molecular weight is 297 g/mol. The smallest absolute Gasteiger partial charge is 0.161 e. The Morgan fingerprint density at radius 2 is 2.19 bits per heavy atom. The molecule has 2 rings (SSSR count). The minimum absolute atomic E-state index is 0.0405. The number of nitrogens with one attached hydrogen (secondary N) is 1. The fourth-order valence-corrected chi connectivity index (χ4v) is 2.68. The largest absolute Gasteiger partial charge is 0.493 e. The monoisotopic (exact) mass is 297 g/mol. The van der Waals surface area contributed by atoms with Gasteiger partial charge in [-0.05, 0) is 32.9 Å². The number of methoxy groups -OCH3 is 2. The van der Waals surface area contributed by atoms with E-state index in [4.69, 9.17) is 15.3 Å². The normalized spacial score (nSPS) is 18.0. The van der Waals surface area contributed by atoms with Crippen LogP contribution in [-0.2, 0) is 11.3 Å². The number of nitrogens with two attached hydrogens (primary N) is 1. The standard InChI is InChI=1S/C14H27N5O2/c1-18(2)7-8-19-13(11(20-3)9-16-19)12(17-15)14(21-4)10-5-6-10/h9-10,12,14,17H,5-8,15H2,1-4H3. The Morgan fingerprint density at radius 1 is 1.48 bits per heavy atom. The first-order chi connectivity index (χ1) is 10.1. The minimum Gasteiger partial charge on any atom is -0.493 e. The molecule has 0 saturated heterocycles. The van der Waals surface area contributed by atoms with Gasteiger partial charge in [-0.2, -0.15) is 5.10 Å². The molecule has 1 fully saturated rings. The summed E-state index contributed by atoms with van der Waals surface area (Å²) in [6.45, 7) is 1.68. The van der Waals surface area contributed by atoms with Gasteiger partial charge in [0.05, 0.1) is 32.0 Å². The maximum Gasteiger partial charge on any atom is 0.161 e. The molecule has 3 N–H and O–H groups in total. The van der Waals surface area contributed by atoms with E-state index < -0.39 is 0 Å². The van der Waals surface area contributed by atoms with E-state index in [1.807, 2.05) is 18.8 Å². The van der Waals surface area contributed by atoms with E-state index in [1.54, 1.807) is 20.4 Å². The summed E-state index contributed by atoms with van der Waals surface area (Å²) in [5.74, 6) is 7.12. The lowest BCUT2D eigenvalue weighted by Crippen LogP contribution is -2.40. The summed E-state index contributed by atoms with van der Waals surface area (Å²) < 4.78 is 13.1. The lowest BCUT2D eigenvalue weighted by Gasteiger charge is -2.27. The van der Waals surface area contributed by atoms with Gasteiger partial charge in [0.1, 0.15) is 5.69 Å². The summed E-state index contributed by atoms with van der Waals surface area (Å²) in [5, 5.41) is 4.44. The molecule has 0 aliphatic heterocycles. The van der Waals surface area contributed by atoms with Crippen molar-refractivity contribution in [2.75, 3.05) is 34.9 Å². The predicted octanol–water partition coefficient (Wildman–Crippen LogP) is 0.383. The zero-order valence-electron chi connectivity index (χ0n) is 13.4. The van der Waals surface area contributed by atoms with Crippen molar-refractivity contribution in [3.8, 4) is 5.75 Å². The molecule has 1 saturated carbocycles. The van der Waals surface area contributed by atoms with Crippen LogP contribution < -0.4 is 16.0 Å². The predicted molar refractivity (Wildman–Crippen MR) is 80.9 cm³/mol. The fourth-order valence-electron chi connectivity index (χ4n) is 2.68. The Bertz CT molecular complexity index is 445. The summed E-state index contributed by atoms with van der Waals surface area (Å²) >= 11 is 0. The molecule has 1 aromatic heterocycles. The van der Waals surface area contributed by atoms with E-state index in [0.29, 0.717) is 5.92 Å². The molecule has 0 radical (unpaired) electrons. The van der Waals surface area contributed by atoms with Gasteiger partial charge in [0, 0.05) is 13.7 Å². The van der Waals surface area contributed by atoms with Crippen LogP contribution in [0.25, 0.3) is 0 Å². The van der Waals surface area contributed by atoms with Crippen LogP contribution >= 0.6 is 0 Å². The lowest BCUT2D eigenvalue weighted by molar-refractivity contribution is 0.0470. The maximum atomic E-state index is 5.82. The molecule has 2 atom stereocenters. The molecule has 1 heterocycles. The topological polar surface area (TPSA) is 77.6 Å². The van der Waals surface area contributed by atoms with Crippen LogP contribution in [0.3, 0.4) is 0 Å². The van der Waals surface area contributed by atoms with Gasteiger partial charge in [-0.3, -0.25) is 10.5 Å². The van der Waals surface area contributed by atoms with Crippen LogP contribution in [0, 0.1) is 5.92 Å². The van der Waals surface area contributed by atoms with Crippen molar-refractivity contribution in [3.05, 3.63) is 11.9 Å². The summed E-state index contributed by atoms with van der Waals surface area (Å²) in [7, 11) is 7.48. The van der Waals surface area contributed by atoms with Crippen molar-refractivity contribution < 1.29 is 9.47 Å². The second kappa shape index (κ2) is 7.22. The van der Waals surface area contributed by atoms with Crippen molar-refractivity contribution in [1.82, 2.24) is 20.1 Å². The van der Waals surface area contributed by atoms with Crippen molar-refractivity contribution in [1.29, 1.82) is 0 Å². The zero-order chi connectivity index (χ0) is 15.4. The molecular formula is C14H27N5O2. The van der Waals surface area contributed by atoms with Crippen LogP contribution in [0.2, 0.25) is 0 Å². The molecule has 1 aliphatic carbocycles. The molecule has 1 aliphatic rings. The molecule has 120 valence electrons. The highest BCUT2D eigenvalue weighted by atomic mass is 16.5. The van der Waals surface area contributed by atoms with E-state index in [1.165, 1.54) is 12.8 Å². The third-order valence-corrected chi connectivity index (χ3v) is 3.99. The highest BCUT2D eigenvalue weighted by Gasteiger charge is 2.39. The number of hydrazine groups is 1. The molecule has 0 amide bonds. The molecule has 0 bridgehead atoms. The zero-order valence-corrected chi connectivity index (χ0v) is 13.4. The first kappa shape index (κ1) is 16.2. The second-order valence-electron chi connectivity index (χ2n) is 5.81. The van der Waals surface area contributed by atoms with Crippen molar-refractivity contribution in [2.45, 2.75) is 31.5 Å². The van der Waals surface area contributed by atoms with Crippen molar-refractivity contribution in [3.63, 3.8) is 0 Å².